The van der Waals surface area contributed by atoms with Gasteiger partial charge in [-0.15, -0.1) is 0 Å². The fourth-order valence-electron chi connectivity index (χ4n) is 3.48. The molecule has 2 aromatic rings. The molecule has 11 heteroatoms. The van der Waals surface area contributed by atoms with Crippen molar-refractivity contribution in [1.29, 1.82) is 0 Å². The van der Waals surface area contributed by atoms with Gasteiger partial charge in [-0.25, -0.2) is 12.8 Å². The number of carbonyl (C=O) groups excluding carboxylic acids is 1. The number of nitrogens with one attached hydrogen (secondary N) is 1. The first kappa shape index (κ1) is 25.0. The van der Waals surface area contributed by atoms with Gasteiger partial charge in [-0.05, 0) is 61.7 Å². The summed E-state index contributed by atoms with van der Waals surface area (Å²) < 4.78 is 83.1. The first-order valence-electron chi connectivity index (χ1n) is 10.4. The second kappa shape index (κ2) is 10.5. The molecule has 6 nitrogen and oxygen atoms in total. The average Bonchev–Trinajstić information content (AvgIpc) is 2.77. The average molecular weight is 489 g/mol. The number of nitrogens with zero attached hydrogens (tertiary/aromatic N) is 1. The van der Waals surface area contributed by atoms with Gasteiger partial charge < -0.3 is 10.1 Å². The second-order valence-corrected chi connectivity index (χ2v) is 9.62. The first-order chi connectivity index (χ1) is 15.6. The molecule has 1 aliphatic rings. The summed E-state index contributed by atoms with van der Waals surface area (Å²) in [5, 5.41) is 2.85. The number of alkyl halides is 3. The number of amides is 1. The predicted octanol–water partition coefficient (Wildman–Crippen LogP) is 3.97. The van der Waals surface area contributed by atoms with Crippen LogP contribution in [0.2, 0.25) is 0 Å². The molecule has 0 bridgehead atoms. The van der Waals surface area contributed by atoms with Crippen molar-refractivity contribution in [2.75, 3.05) is 19.7 Å². The van der Waals surface area contributed by atoms with Gasteiger partial charge in [0.1, 0.15) is 11.6 Å². The molecule has 2 aromatic carbocycles. The lowest BCUT2D eigenvalue weighted by molar-refractivity contribution is -0.137. The quantitative estimate of drug-likeness (QED) is 0.451. The topological polar surface area (TPSA) is 75.7 Å². The summed E-state index contributed by atoms with van der Waals surface area (Å²) in [6.07, 6.45) is -3.13. The van der Waals surface area contributed by atoms with Crippen LogP contribution in [0.25, 0.3) is 0 Å². The zero-order valence-electron chi connectivity index (χ0n) is 17.6. The molecule has 3 rings (SSSR count). The summed E-state index contributed by atoms with van der Waals surface area (Å²) >= 11 is 0. The number of piperidine rings is 1. The molecule has 1 amide bonds. The van der Waals surface area contributed by atoms with Crippen molar-refractivity contribution >= 4 is 15.9 Å². The molecular formula is C22H24F4N2O4S. The maximum atomic E-state index is 13.0. The standard InChI is InChI=1S/C22H24F4N2O4S/c23-17-6-8-20(9-7-17)33(30,31)28-12-10-18(11-13-28)27-21(29)5-2-14-32-19-4-1-3-16(15-19)22(24,25)26/h1,3-4,6-9,15,18H,2,5,10-14H2,(H,27,29). The fourth-order valence-corrected chi connectivity index (χ4v) is 4.95. The van der Waals surface area contributed by atoms with Crippen LogP contribution in [0.15, 0.2) is 53.4 Å². The van der Waals surface area contributed by atoms with Crippen molar-refractivity contribution in [3.05, 3.63) is 59.9 Å². The Morgan fingerprint density at radius 2 is 1.76 bits per heavy atom. The summed E-state index contributed by atoms with van der Waals surface area (Å²) in [7, 11) is -3.72. The number of hydrogen-bond donors (Lipinski definition) is 1. The Bertz CT molecular complexity index is 1050. The first-order valence-corrected chi connectivity index (χ1v) is 11.8. The van der Waals surface area contributed by atoms with E-state index in [0.717, 1.165) is 24.3 Å². The van der Waals surface area contributed by atoms with E-state index in [2.05, 4.69) is 5.32 Å². The van der Waals surface area contributed by atoms with Gasteiger partial charge in [0.15, 0.2) is 0 Å². The molecule has 0 atom stereocenters. The molecule has 1 heterocycles. The van der Waals surface area contributed by atoms with Crippen molar-refractivity contribution in [2.45, 2.75) is 42.8 Å². The smallest absolute Gasteiger partial charge is 0.416 e. The molecular weight excluding hydrogens is 464 g/mol. The van der Waals surface area contributed by atoms with E-state index in [4.69, 9.17) is 4.74 Å². The van der Waals surface area contributed by atoms with Gasteiger partial charge in [-0.3, -0.25) is 4.79 Å². The van der Waals surface area contributed by atoms with Crippen molar-refractivity contribution in [3.63, 3.8) is 0 Å². The zero-order valence-corrected chi connectivity index (χ0v) is 18.5. The minimum atomic E-state index is -4.45. The third-order valence-electron chi connectivity index (χ3n) is 5.25. The van der Waals surface area contributed by atoms with E-state index in [1.54, 1.807) is 0 Å². The molecule has 1 aliphatic heterocycles. The molecule has 0 aromatic heterocycles. The SMILES string of the molecule is O=C(CCCOc1cccc(C(F)(F)F)c1)NC1CCN(S(=O)(=O)c2ccc(F)cc2)CC1. The minimum Gasteiger partial charge on any atom is -0.494 e. The Morgan fingerprint density at radius 3 is 2.39 bits per heavy atom. The third-order valence-corrected chi connectivity index (χ3v) is 7.16. The van der Waals surface area contributed by atoms with E-state index in [0.29, 0.717) is 19.3 Å². The highest BCUT2D eigenvalue weighted by Gasteiger charge is 2.31. The molecule has 1 saturated heterocycles. The van der Waals surface area contributed by atoms with Crippen molar-refractivity contribution in [2.24, 2.45) is 0 Å². The lowest BCUT2D eigenvalue weighted by atomic mass is 10.1. The van der Waals surface area contributed by atoms with Crippen LogP contribution in [0.5, 0.6) is 5.75 Å². The lowest BCUT2D eigenvalue weighted by Crippen LogP contribution is -2.46. The number of rotatable bonds is 8. The Hall–Kier alpha value is -2.66. The Kier molecular flexibility index (Phi) is 7.96. The highest BCUT2D eigenvalue weighted by atomic mass is 32.2. The van der Waals surface area contributed by atoms with Crippen LogP contribution < -0.4 is 10.1 Å². The molecule has 33 heavy (non-hydrogen) atoms. The second-order valence-electron chi connectivity index (χ2n) is 7.68. The van der Waals surface area contributed by atoms with Crippen LogP contribution in [0.3, 0.4) is 0 Å². The van der Waals surface area contributed by atoms with E-state index in [1.165, 1.54) is 28.6 Å². The predicted molar refractivity (Wildman–Crippen MR) is 112 cm³/mol. The number of hydrogen-bond acceptors (Lipinski definition) is 4. The minimum absolute atomic E-state index is 0.0205. The van der Waals surface area contributed by atoms with Gasteiger partial charge in [0.05, 0.1) is 17.1 Å². The molecule has 1 N–H and O–H groups in total. The van der Waals surface area contributed by atoms with Gasteiger partial charge in [-0.2, -0.15) is 17.5 Å². The van der Waals surface area contributed by atoms with Gasteiger partial charge in [-0.1, -0.05) is 6.07 Å². The number of halogens is 4. The molecule has 0 spiro atoms. The van der Waals surface area contributed by atoms with E-state index in [9.17, 15) is 30.8 Å². The van der Waals surface area contributed by atoms with Gasteiger partial charge in [0, 0.05) is 25.6 Å². The van der Waals surface area contributed by atoms with E-state index < -0.39 is 27.6 Å². The van der Waals surface area contributed by atoms with Crippen LogP contribution in [0.1, 0.15) is 31.2 Å². The van der Waals surface area contributed by atoms with E-state index >= 15 is 0 Å². The van der Waals surface area contributed by atoms with Crippen LogP contribution in [0, 0.1) is 5.82 Å². The molecule has 0 radical (unpaired) electrons. The Morgan fingerprint density at radius 1 is 1.09 bits per heavy atom. The third kappa shape index (κ3) is 6.91. The summed E-state index contributed by atoms with van der Waals surface area (Å²) in [4.78, 5) is 12.2. The summed E-state index contributed by atoms with van der Waals surface area (Å²) in [6.45, 7) is 0.537. The highest BCUT2D eigenvalue weighted by molar-refractivity contribution is 7.89. The summed E-state index contributed by atoms with van der Waals surface area (Å²) in [5.74, 6) is -0.668. The van der Waals surface area contributed by atoms with E-state index in [-0.39, 0.29) is 48.7 Å². The molecule has 0 saturated carbocycles. The Balaban J connectivity index is 1.39. The summed E-state index contributed by atoms with van der Waals surface area (Å²) in [5.41, 5.74) is -0.800. The number of ether oxygens (including phenoxy) is 1. The number of sulfonamides is 1. The maximum Gasteiger partial charge on any atom is 0.416 e. The number of carbonyl (C=O) groups is 1. The fraction of sp³-hybridized carbons (Fsp3) is 0.409. The van der Waals surface area contributed by atoms with Gasteiger partial charge >= 0.3 is 6.18 Å². The molecule has 0 unspecified atom stereocenters. The van der Waals surface area contributed by atoms with Crippen molar-refractivity contribution < 1.29 is 35.5 Å². The highest BCUT2D eigenvalue weighted by Crippen LogP contribution is 2.31. The van der Waals surface area contributed by atoms with Crippen molar-refractivity contribution in [3.8, 4) is 5.75 Å². The molecule has 180 valence electrons. The zero-order chi connectivity index (χ0) is 24.1. The lowest BCUT2D eigenvalue weighted by Gasteiger charge is -2.31. The van der Waals surface area contributed by atoms with Crippen LogP contribution in [0.4, 0.5) is 17.6 Å². The maximum absolute atomic E-state index is 13.0. The van der Waals surface area contributed by atoms with E-state index in [1.807, 2.05) is 0 Å². The normalized spacial score (nSPS) is 15.9. The van der Waals surface area contributed by atoms with Crippen molar-refractivity contribution in [1.82, 2.24) is 9.62 Å². The molecule has 0 aliphatic carbocycles. The monoisotopic (exact) mass is 488 g/mol. The van der Waals surface area contributed by atoms with Gasteiger partial charge in [0.2, 0.25) is 15.9 Å². The van der Waals surface area contributed by atoms with Gasteiger partial charge in [0.25, 0.3) is 0 Å². The number of benzene rings is 2. The van der Waals surface area contributed by atoms with Crippen LogP contribution in [-0.2, 0) is 21.0 Å². The summed E-state index contributed by atoms with van der Waals surface area (Å²) in [6, 6.07) is 9.00. The molecule has 1 fully saturated rings. The Labute approximate surface area is 189 Å². The largest absolute Gasteiger partial charge is 0.494 e. The van der Waals surface area contributed by atoms with Crippen LogP contribution >= 0.6 is 0 Å². The van der Waals surface area contributed by atoms with Crippen LogP contribution in [-0.4, -0.2) is 44.4 Å².